The van der Waals surface area contributed by atoms with E-state index in [0.717, 1.165) is 29.5 Å². The molecule has 2 aromatic heterocycles. The van der Waals surface area contributed by atoms with E-state index in [1.165, 1.54) is 12.1 Å². The number of rotatable bonds is 5. The summed E-state index contributed by atoms with van der Waals surface area (Å²) < 4.78 is 27.2. The van der Waals surface area contributed by atoms with Gasteiger partial charge in [0.2, 0.25) is 0 Å². The fourth-order valence-electron chi connectivity index (χ4n) is 5.07. The molecule has 2 aromatic carbocycles. The minimum absolute atomic E-state index is 0.170. The van der Waals surface area contributed by atoms with Gasteiger partial charge in [-0.2, -0.15) is 5.26 Å². The maximum absolute atomic E-state index is 14.1. The van der Waals surface area contributed by atoms with Gasteiger partial charge in [0, 0.05) is 36.1 Å². The van der Waals surface area contributed by atoms with Gasteiger partial charge in [0.1, 0.15) is 24.3 Å². The Morgan fingerprint density at radius 3 is 2.84 bits per heavy atom. The minimum atomic E-state index is -1.03. The van der Waals surface area contributed by atoms with E-state index in [1.54, 1.807) is 35.9 Å². The molecule has 0 amide bonds. The fraction of sp³-hybridized carbons (Fsp3) is 0.241. The van der Waals surface area contributed by atoms with Crippen molar-refractivity contribution in [3.05, 3.63) is 105 Å². The molecule has 8 heteroatoms. The average Bonchev–Trinajstić information content (AvgIpc) is 3.68. The molecule has 1 unspecified atom stereocenters. The lowest BCUT2D eigenvalue weighted by Crippen LogP contribution is -2.09. The fourth-order valence-corrected chi connectivity index (χ4v) is 5.28. The largest absolute Gasteiger partial charge is 0.488 e. The van der Waals surface area contributed by atoms with Crippen LogP contribution >= 0.6 is 11.6 Å². The lowest BCUT2D eigenvalue weighted by atomic mass is 9.87. The predicted molar refractivity (Wildman–Crippen MR) is 137 cm³/mol. The molecule has 6 rings (SSSR count). The topological polar surface area (TPSA) is 79.8 Å². The summed E-state index contributed by atoms with van der Waals surface area (Å²) >= 11 is 6.37. The van der Waals surface area contributed by atoms with E-state index in [9.17, 15) is 14.8 Å². The van der Waals surface area contributed by atoms with Gasteiger partial charge in [0.25, 0.3) is 0 Å². The van der Waals surface area contributed by atoms with Crippen LogP contribution < -0.4 is 4.74 Å². The normalized spacial score (nSPS) is 16.8. The van der Waals surface area contributed by atoms with Crippen molar-refractivity contribution in [2.75, 3.05) is 7.11 Å². The molecule has 1 atom stereocenters. The summed E-state index contributed by atoms with van der Waals surface area (Å²) in [5, 5.41) is 22.1. The second-order valence-electron chi connectivity index (χ2n) is 9.35. The third kappa shape index (κ3) is 4.08. The van der Waals surface area contributed by atoms with Crippen LogP contribution in [0.2, 0.25) is 5.02 Å². The van der Waals surface area contributed by atoms with E-state index in [4.69, 9.17) is 21.1 Å². The third-order valence-electron chi connectivity index (χ3n) is 6.94. The molecule has 2 aliphatic rings. The van der Waals surface area contributed by atoms with E-state index in [2.05, 4.69) is 11.1 Å². The molecule has 4 aromatic rings. The number of hydrogen-bond donors (Lipinski definition) is 1. The van der Waals surface area contributed by atoms with Crippen LogP contribution in [0, 0.1) is 23.1 Å². The molecule has 1 N–H and O–H groups in total. The smallest absolute Gasteiger partial charge is 0.156 e. The Bertz CT molecular complexity index is 1620. The summed E-state index contributed by atoms with van der Waals surface area (Å²) in [6, 6.07) is 16.0. The van der Waals surface area contributed by atoms with E-state index < -0.39 is 11.9 Å². The van der Waals surface area contributed by atoms with Crippen LogP contribution in [-0.4, -0.2) is 21.6 Å². The minimum Gasteiger partial charge on any atom is -0.488 e. The van der Waals surface area contributed by atoms with Crippen molar-refractivity contribution in [1.82, 2.24) is 9.38 Å². The molecule has 1 aliphatic carbocycles. The van der Waals surface area contributed by atoms with Crippen LogP contribution in [0.15, 0.2) is 60.3 Å². The highest BCUT2D eigenvalue weighted by Crippen LogP contribution is 2.46. The van der Waals surface area contributed by atoms with Crippen LogP contribution in [0.3, 0.4) is 0 Å². The Hall–Kier alpha value is -3.70. The number of imidazole rings is 1. The van der Waals surface area contributed by atoms with E-state index >= 15 is 0 Å². The van der Waals surface area contributed by atoms with Gasteiger partial charge in [0.05, 0.1) is 29.1 Å². The van der Waals surface area contributed by atoms with Gasteiger partial charge in [-0.25, -0.2) is 9.37 Å². The van der Waals surface area contributed by atoms with Crippen molar-refractivity contribution in [2.24, 2.45) is 5.92 Å². The van der Waals surface area contributed by atoms with Gasteiger partial charge in [-0.05, 0) is 65.8 Å². The number of aromatic nitrogens is 2. The number of methoxy groups -OCH3 is 1. The summed E-state index contributed by atoms with van der Waals surface area (Å²) in [6.07, 6.45) is 2.68. The van der Waals surface area contributed by atoms with Gasteiger partial charge in [-0.15, -0.1) is 0 Å². The highest BCUT2D eigenvalue weighted by molar-refractivity contribution is 6.33. The molecular weight excluding hydrogens is 493 g/mol. The molecule has 6 nitrogen and oxygen atoms in total. The zero-order valence-corrected chi connectivity index (χ0v) is 20.8. The number of aliphatic hydroxyl groups is 1. The lowest BCUT2D eigenvalue weighted by molar-refractivity contribution is 0.172. The summed E-state index contributed by atoms with van der Waals surface area (Å²) in [5.74, 6) is 0.191. The Kier molecular flexibility index (Phi) is 5.96. The Morgan fingerprint density at radius 1 is 1.27 bits per heavy atom. The summed E-state index contributed by atoms with van der Waals surface area (Å²) in [6.45, 7) is 0.377. The predicted octanol–water partition coefficient (Wildman–Crippen LogP) is 5.98. The molecule has 3 heterocycles. The zero-order chi connectivity index (χ0) is 25.7. The molecule has 1 aliphatic heterocycles. The highest BCUT2D eigenvalue weighted by atomic mass is 35.5. The van der Waals surface area contributed by atoms with Crippen LogP contribution in [-0.2, 0) is 18.0 Å². The van der Waals surface area contributed by atoms with Crippen molar-refractivity contribution in [3.63, 3.8) is 0 Å². The molecule has 0 spiro atoms. The van der Waals surface area contributed by atoms with Gasteiger partial charge in [0.15, 0.2) is 5.65 Å². The second kappa shape index (κ2) is 9.31. The van der Waals surface area contributed by atoms with E-state index in [0.29, 0.717) is 44.5 Å². The Labute approximate surface area is 218 Å². The number of fused-ring (bicyclic) bond motifs is 3. The standard InChI is InChI=1S/C29H23ClFN3O3/c1-36-15-24-27(34-10-2-3-23(30)29(34)33-24)28(35)17-6-8-20-18(11-17)14-37-25-12-19(31)7-9-21(25)26(20)22(13-32)16-4-5-16/h2-3,6-12,16,28,35H,4-5,14-15H2,1H3. The highest BCUT2D eigenvalue weighted by Gasteiger charge is 2.33. The van der Waals surface area contributed by atoms with Crippen molar-refractivity contribution in [3.8, 4) is 11.8 Å². The van der Waals surface area contributed by atoms with Gasteiger partial charge in [-0.3, -0.25) is 4.40 Å². The van der Waals surface area contributed by atoms with Crippen LogP contribution in [0.25, 0.3) is 11.2 Å². The van der Waals surface area contributed by atoms with Crippen LogP contribution in [0.5, 0.6) is 5.75 Å². The first-order valence-electron chi connectivity index (χ1n) is 12.0. The molecule has 0 radical (unpaired) electrons. The zero-order valence-electron chi connectivity index (χ0n) is 20.0. The van der Waals surface area contributed by atoms with Crippen molar-refractivity contribution < 1.29 is 19.0 Å². The Morgan fingerprint density at radius 2 is 2.08 bits per heavy atom. The first kappa shape index (κ1) is 23.7. The number of aliphatic hydroxyl groups excluding tert-OH is 1. The summed E-state index contributed by atoms with van der Waals surface area (Å²) in [7, 11) is 1.57. The molecule has 1 saturated carbocycles. The number of halogens is 2. The van der Waals surface area contributed by atoms with Crippen LogP contribution in [0.1, 0.15) is 52.6 Å². The number of pyridine rings is 1. The quantitative estimate of drug-likeness (QED) is 0.331. The number of hydrogen-bond acceptors (Lipinski definition) is 5. The lowest BCUT2D eigenvalue weighted by Gasteiger charge is -2.17. The Balaban J connectivity index is 1.50. The monoisotopic (exact) mass is 515 g/mol. The second-order valence-corrected chi connectivity index (χ2v) is 9.76. The first-order chi connectivity index (χ1) is 18.0. The molecule has 37 heavy (non-hydrogen) atoms. The first-order valence-corrected chi connectivity index (χ1v) is 12.4. The van der Waals surface area contributed by atoms with Crippen molar-refractivity contribution in [1.29, 1.82) is 5.26 Å². The number of allylic oxidation sites excluding steroid dienone is 1. The molecule has 186 valence electrons. The third-order valence-corrected chi connectivity index (χ3v) is 7.24. The number of nitriles is 1. The van der Waals surface area contributed by atoms with Gasteiger partial charge >= 0.3 is 0 Å². The SMILES string of the molecule is COCc1nc2c(Cl)cccn2c1C(O)c1ccc2c(c1)COc1cc(F)ccc1C2=C(C#N)C1CC1. The van der Waals surface area contributed by atoms with Gasteiger partial charge in [-0.1, -0.05) is 23.7 Å². The maximum Gasteiger partial charge on any atom is 0.156 e. The maximum atomic E-state index is 14.1. The molecule has 1 fully saturated rings. The van der Waals surface area contributed by atoms with E-state index in [-0.39, 0.29) is 19.1 Å². The van der Waals surface area contributed by atoms with Crippen molar-refractivity contribution in [2.45, 2.75) is 32.2 Å². The van der Waals surface area contributed by atoms with Gasteiger partial charge < -0.3 is 14.6 Å². The number of ether oxygens (including phenoxy) is 2. The molecule has 0 bridgehead atoms. The average molecular weight is 516 g/mol. The summed E-state index contributed by atoms with van der Waals surface area (Å²) in [4.78, 5) is 4.60. The van der Waals surface area contributed by atoms with E-state index in [1.807, 2.05) is 18.2 Å². The van der Waals surface area contributed by atoms with Crippen molar-refractivity contribution >= 4 is 22.8 Å². The molecule has 0 saturated heterocycles. The molecular formula is C29H23ClFN3O3. The van der Waals surface area contributed by atoms with Crippen LogP contribution in [0.4, 0.5) is 4.39 Å². The number of benzene rings is 2. The summed E-state index contributed by atoms with van der Waals surface area (Å²) in [5.41, 5.74) is 6.12. The number of nitrogens with zero attached hydrogens (tertiary/aromatic N) is 3.